The molecule has 126 valence electrons. The van der Waals surface area contributed by atoms with Crippen molar-refractivity contribution in [1.29, 1.82) is 0 Å². The standard InChI is InChI=1S/C17H26N4O2/c1-10-13-14(11(2)21(10)16(22)23-17(4,5)6)18-12(3)19-15(13)20-8-7-9-20/h10-11H,7-9H2,1-6H3. The Kier molecular flexibility index (Phi) is 3.73. The largest absolute Gasteiger partial charge is 0.444 e. The van der Waals surface area contributed by atoms with Crippen LogP contribution in [0.1, 0.15) is 70.2 Å². The molecule has 0 bridgehead atoms. The smallest absolute Gasteiger partial charge is 0.411 e. The second-order valence-corrected chi connectivity index (χ2v) is 7.47. The van der Waals surface area contributed by atoms with Crippen molar-refractivity contribution in [3.63, 3.8) is 0 Å². The molecule has 6 heteroatoms. The van der Waals surface area contributed by atoms with E-state index in [9.17, 15) is 4.79 Å². The van der Waals surface area contributed by atoms with E-state index in [2.05, 4.69) is 14.9 Å². The molecular formula is C17H26N4O2. The van der Waals surface area contributed by atoms with Gasteiger partial charge in [0.25, 0.3) is 0 Å². The molecule has 2 unspecified atom stereocenters. The van der Waals surface area contributed by atoms with Gasteiger partial charge < -0.3 is 9.64 Å². The van der Waals surface area contributed by atoms with E-state index < -0.39 is 5.60 Å². The Morgan fingerprint density at radius 3 is 2.35 bits per heavy atom. The molecule has 0 radical (unpaired) electrons. The summed E-state index contributed by atoms with van der Waals surface area (Å²) in [6, 6.07) is -0.178. The summed E-state index contributed by atoms with van der Waals surface area (Å²) in [6.07, 6.45) is 0.903. The lowest BCUT2D eigenvalue weighted by Gasteiger charge is -2.34. The second-order valence-electron chi connectivity index (χ2n) is 7.47. The molecule has 2 aliphatic rings. The monoisotopic (exact) mass is 318 g/mol. The summed E-state index contributed by atoms with van der Waals surface area (Å²) in [4.78, 5) is 26.0. The fourth-order valence-electron chi connectivity index (χ4n) is 3.31. The zero-order chi connectivity index (χ0) is 16.9. The molecule has 1 fully saturated rings. The first-order chi connectivity index (χ1) is 10.7. The Labute approximate surface area is 137 Å². The molecule has 3 heterocycles. The minimum Gasteiger partial charge on any atom is -0.444 e. The summed E-state index contributed by atoms with van der Waals surface area (Å²) in [5, 5.41) is 0. The van der Waals surface area contributed by atoms with Gasteiger partial charge in [0.2, 0.25) is 0 Å². The van der Waals surface area contributed by atoms with Gasteiger partial charge in [0.05, 0.1) is 17.8 Å². The predicted molar refractivity (Wildman–Crippen MR) is 88.5 cm³/mol. The summed E-state index contributed by atoms with van der Waals surface area (Å²) in [5.74, 6) is 1.75. The van der Waals surface area contributed by atoms with Crippen molar-refractivity contribution in [2.75, 3.05) is 18.0 Å². The average Bonchev–Trinajstić information content (AvgIpc) is 2.57. The molecular weight excluding hydrogens is 292 g/mol. The maximum atomic E-state index is 12.6. The number of hydrogen-bond acceptors (Lipinski definition) is 5. The Balaban J connectivity index is 1.98. The summed E-state index contributed by atoms with van der Waals surface area (Å²) in [6.45, 7) is 13.7. The van der Waals surface area contributed by atoms with Crippen LogP contribution in [0, 0.1) is 6.92 Å². The third-order valence-electron chi connectivity index (χ3n) is 4.47. The number of hydrogen-bond donors (Lipinski definition) is 0. The Hall–Kier alpha value is -1.85. The molecule has 1 amide bonds. The summed E-state index contributed by atoms with van der Waals surface area (Å²) in [5.41, 5.74) is 1.53. The van der Waals surface area contributed by atoms with Gasteiger partial charge in [-0.3, -0.25) is 4.90 Å². The van der Waals surface area contributed by atoms with E-state index in [0.29, 0.717) is 0 Å². The maximum absolute atomic E-state index is 12.6. The van der Waals surface area contributed by atoms with Crippen LogP contribution in [0.2, 0.25) is 0 Å². The van der Waals surface area contributed by atoms with Gasteiger partial charge in [-0.2, -0.15) is 0 Å². The van der Waals surface area contributed by atoms with Crippen molar-refractivity contribution < 1.29 is 9.53 Å². The number of carbonyl (C=O) groups is 1. The van der Waals surface area contributed by atoms with Gasteiger partial charge in [0.1, 0.15) is 17.2 Å². The van der Waals surface area contributed by atoms with E-state index in [0.717, 1.165) is 36.0 Å². The summed E-state index contributed by atoms with van der Waals surface area (Å²) in [7, 11) is 0. The van der Waals surface area contributed by atoms with Gasteiger partial charge in [-0.15, -0.1) is 0 Å². The van der Waals surface area contributed by atoms with Crippen molar-refractivity contribution in [3.8, 4) is 0 Å². The molecule has 0 spiro atoms. The van der Waals surface area contributed by atoms with Crippen LogP contribution in [0.4, 0.5) is 10.6 Å². The highest BCUT2D eigenvalue weighted by atomic mass is 16.6. The number of aryl methyl sites for hydroxylation is 1. The Morgan fingerprint density at radius 1 is 1.17 bits per heavy atom. The molecule has 0 aromatic carbocycles. The molecule has 1 aromatic rings. The summed E-state index contributed by atoms with van der Waals surface area (Å²) < 4.78 is 5.59. The number of anilines is 1. The number of amides is 1. The molecule has 0 N–H and O–H groups in total. The number of aromatic nitrogens is 2. The molecule has 1 aromatic heterocycles. The zero-order valence-corrected chi connectivity index (χ0v) is 14.9. The predicted octanol–water partition coefficient (Wildman–Crippen LogP) is 3.37. The fourth-order valence-corrected chi connectivity index (χ4v) is 3.31. The van der Waals surface area contributed by atoms with Crippen LogP contribution < -0.4 is 4.90 Å². The SMILES string of the molecule is Cc1nc2c(c(N3CCC3)n1)C(C)N(C(=O)OC(C)(C)C)C2C. The highest BCUT2D eigenvalue weighted by molar-refractivity contribution is 5.72. The lowest BCUT2D eigenvalue weighted by molar-refractivity contribution is 0.0123. The second kappa shape index (κ2) is 5.35. The van der Waals surface area contributed by atoms with E-state index in [1.165, 1.54) is 6.42 Å². The van der Waals surface area contributed by atoms with Gasteiger partial charge in [-0.1, -0.05) is 0 Å². The Bertz CT molecular complexity index is 634. The highest BCUT2D eigenvalue weighted by Crippen LogP contribution is 2.45. The third-order valence-corrected chi connectivity index (χ3v) is 4.47. The van der Waals surface area contributed by atoms with E-state index in [-0.39, 0.29) is 18.2 Å². The quantitative estimate of drug-likeness (QED) is 0.794. The van der Waals surface area contributed by atoms with Crippen LogP contribution >= 0.6 is 0 Å². The molecule has 0 aliphatic carbocycles. The van der Waals surface area contributed by atoms with E-state index in [1.54, 1.807) is 4.90 Å². The number of nitrogens with zero attached hydrogens (tertiary/aromatic N) is 4. The van der Waals surface area contributed by atoms with Gasteiger partial charge in [0, 0.05) is 18.7 Å². The maximum Gasteiger partial charge on any atom is 0.411 e. The van der Waals surface area contributed by atoms with Crippen LogP contribution in [0.3, 0.4) is 0 Å². The van der Waals surface area contributed by atoms with Crippen LogP contribution in [0.5, 0.6) is 0 Å². The number of rotatable bonds is 1. The first-order valence-corrected chi connectivity index (χ1v) is 8.33. The minimum absolute atomic E-state index is 0.0777. The van der Waals surface area contributed by atoms with E-state index >= 15 is 0 Å². The molecule has 0 saturated carbocycles. The van der Waals surface area contributed by atoms with Crippen molar-refractivity contribution >= 4 is 11.9 Å². The Morgan fingerprint density at radius 2 is 1.83 bits per heavy atom. The molecule has 23 heavy (non-hydrogen) atoms. The van der Waals surface area contributed by atoms with Gasteiger partial charge >= 0.3 is 6.09 Å². The molecule has 2 atom stereocenters. The van der Waals surface area contributed by atoms with Gasteiger partial charge in [0.15, 0.2) is 0 Å². The van der Waals surface area contributed by atoms with Crippen LogP contribution in [-0.2, 0) is 4.74 Å². The minimum atomic E-state index is -0.507. The van der Waals surface area contributed by atoms with Crippen molar-refractivity contribution in [2.45, 2.75) is 65.6 Å². The lowest BCUT2D eigenvalue weighted by atomic mass is 10.1. The average molecular weight is 318 g/mol. The molecule has 6 nitrogen and oxygen atoms in total. The highest BCUT2D eigenvalue weighted by Gasteiger charge is 2.43. The number of ether oxygens (including phenoxy) is 1. The van der Waals surface area contributed by atoms with Crippen LogP contribution in [0.15, 0.2) is 0 Å². The van der Waals surface area contributed by atoms with Crippen molar-refractivity contribution in [2.24, 2.45) is 0 Å². The zero-order valence-electron chi connectivity index (χ0n) is 14.9. The normalized spacial score (nSPS) is 23.6. The van der Waals surface area contributed by atoms with Crippen LogP contribution in [0.25, 0.3) is 0 Å². The summed E-state index contributed by atoms with van der Waals surface area (Å²) >= 11 is 0. The van der Waals surface area contributed by atoms with Crippen molar-refractivity contribution in [1.82, 2.24) is 14.9 Å². The molecule has 2 aliphatic heterocycles. The van der Waals surface area contributed by atoms with Gasteiger partial charge in [-0.25, -0.2) is 14.8 Å². The topological polar surface area (TPSA) is 58.6 Å². The molecule has 1 saturated heterocycles. The number of carbonyl (C=O) groups excluding carboxylic acids is 1. The van der Waals surface area contributed by atoms with Crippen LogP contribution in [-0.4, -0.2) is 39.7 Å². The van der Waals surface area contributed by atoms with Gasteiger partial charge in [-0.05, 0) is 48.0 Å². The van der Waals surface area contributed by atoms with Crippen molar-refractivity contribution in [3.05, 3.63) is 17.1 Å². The lowest BCUT2D eigenvalue weighted by Crippen LogP contribution is -2.39. The van der Waals surface area contributed by atoms with E-state index in [1.807, 2.05) is 41.5 Å². The fraction of sp³-hybridized carbons (Fsp3) is 0.706. The first kappa shape index (κ1) is 16.0. The number of fused-ring (bicyclic) bond motifs is 1. The third kappa shape index (κ3) is 2.75. The molecule has 3 rings (SSSR count). The first-order valence-electron chi connectivity index (χ1n) is 8.33. The van der Waals surface area contributed by atoms with E-state index in [4.69, 9.17) is 4.74 Å².